The van der Waals surface area contributed by atoms with Crippen molar-refractivity contribution in [1.82, 2.24) is 4.90 Å². The van der Waals surface area contributed by atoms with E-state index in [1.54, 1.807) is 0 Å². The van der Waals surface area contributed by atoms with Gasteiger partial charge in [-0.2, -0.15) is 0 Å². The minimum atomic E-state index is 0.571. The summed E-state index contributed by atoms with van der Waals surface area (Å²) in [4.78, 5) is 2.66. The van der Waals surface area contributed by atoms with Crippen LogP contribution in [0.15, 0.2) is 0 Å². The molecule has 0 amide bonds. The molecule has 2 fully saturated rings. The molecule has 2 aliphatic rings. The van der Waals surface area contributed by atoms with Crippen molar-refractivity contribution in [2.24, 2.45) is 0 Å². The summed E-state index contributed by atoms with van der Waals surface area (Å²) in [6, 6.07) is 0. The van der Waals surface area contributed by atoms with E-state index in [1.165, 1.54) is 96.7 Å². The molecule has 2 aliphatic heterocycles. The van der Waals surface area contributed by atoms with Crippen LogP contribution in [-0.4, -0.2) is 37.2 Å². The largest absolute Gasteiger partial charge is 0.372 e. The molecule has 2 rings (SSSR count). The van der Waals surface area contributed by atoms with Crippen LogP contribution in [0.5, 0.6) is 0 Å². The summed E-state index contributed by atoms with van der Waals surface area (Å²) in [7, 11) is 0. The Hall–Kier alpha value is -0.0800. The van der Waals surface area contributed by atoms with Crippen LogP contribution in [-0.2, 0) is 4.74 Å². The summed E-state index contributed by atoms with van der Waals surface area (Å²) >= 11 is 0. The molecule has 2 heteroatoms. The van der Waals surface area contributed by atoms with Gasteiger partial charge in [0.1, 0.15) is 0 Å². The maximum absolute atomic E-state index is 5.40. The van der Waals surface area contributed by atoms with Crippen molar-refractivity contribution >= 4 is 0 Å². The minimum Gasteiger partial charge on any atom is -0.372 e. The number of hydrogen-bond donors (Lipinski definition) is 0. The third-order valence-corrected chi connectivity index (χ3v) is 4.56. The Labute approximate surface area is 119 Å². The third-order valence-electron chi connectivity index (χ3n) is 4.56. The monoisotopic (exact) mass is 267 g/mol. The van der Waals surface area contributed by atoms with Gasteiger partial charge in [-0.1, -0.05) is 64.2 Å². The van der Waals surface area contributed by atoms with Crippen molar-refractivity contribution in [3.8, 4) is 0 Å². The van der Waals surface area contributed by atoms with Crippen LogP contribution >= 0.6 is 0 Å². The fourth-order valence-corrected chi connectivity index (χ4v) is 3.19. The van der Waals surface area contributed by atoms with Crippen molar-refractivity contribution in [2.75, 3.05) is 26.2 Å². The van der Waals surface area contributed by atoms with Crippen LogP contribution in [0.25, 0.3) is 0 Å². The van der Waals surface area contributed by atoms with Gasteiger partial charge in [-0.25, -0.2) is 0 Å². The second kappa shape index (κ2) is 9.77. The zero-order valence-electron chi connectivity index (χ0n) is 12.7. The van der Waals surface area contributed by atoms with Crippen LogP contribution in [0, 0.1) is 0 Å². The Kier molecular flexibility index (Phi) is 7.87. The second-order valence-corrected chi connectivity index (χ2v) is 6.50. The van der Waals surface area contributed by atoms with Crippen LogP contribution in [0.4, 0.5) is 0 Å². The van der Waals surface area contributed by atoms with Gasteiger partial charge in [0.05, 0.1) is 12.7 Å². The van der Waals surface area contributed by atoms with Gasteiger partial charge in [-0.05, 0) is 25.9 Å². The molecule has 1 unspecified atom stereocenters. The average molecular weight is 267 g/mol. The van der Waals surface area contributed by atoms with Gasteiger partial charge >= 0.3 is 0 Å². The maximum Gasteiger partial charge on any atom is 0.0936 e. The normalized spacial score (nSPS) is 29.4. The minimum absolute atomic E-state index is 0.571. The molecule has 2 saturated heterocycles. The third kappa shape index (κ3) is 7.94. The average Bonchev–Trinajstić information content (AvgIpc) is 3.21. The van der Waals surface area contributed by atoms with Gasteiger partial charge in [-0.3, -0.25) is 0 Å². The summed E-state index contributed by atoms with van der Waals surface area (Å²) in [5.41, 5.74) is 0. The first-order valence-electron chi connectivity index (χ1n) is 8.79. The van der Waals surface area contributed by atoms with Crippen molar-refractivity contribution < 1.29 is 4.74 Å². The zero-order chi connectivity index (χ0) is 13.2. The number of epoxide rings is 1. The smallest absolute Gasteiger partial charge is 0.0936 e. The Balaban J connectivity index is 1.64. The molecule has 1 atom stereocenters. The maximum atomic E-state index is 5.40. The molecule has 0 spiro atoms. The van der Waals surface area contributed by atoms with E-state index < -0.39 is 0 Å². The van der Waals surface area contributed by atoms with Gasteiger partial charge in [0.2, 0.25) is 0 Å². The Morgan fingerprint density at radius 3 is 1.37 bits per heavy atom. The van der Waals surface area contributed by atoms with Crippen LogP contribution in [0.2, 0.25) is 0 Å². The van der Waals surface area contributed by atoms with E-state index in [4.69, 9.17) is 4.74 Å². The summed E-state index contributed by atoms with van der Waals surface area (Å²) in [6.07, 6.45) is 18.0. The number of hydrogen-bond acceptors (Lipinski definition) is 2. The molecule has 0 aliphatic carbocycles. The van der Waals surface area contributed by atoms with Crippen molar-refractivity contribution in [2.45, 2.75) is 83.2 Å². The number of ether oxygens (including phenoxy) is 1. The predicted octanol–water partition coefficient (Wildman–Crippen LogP) is 4.38. The van der Waals surface area contributed by atoms with E-state index in [9.17, 15) is 0 Å². The van der Waals surface area contributed by atoms with Crippen LogP contribution in [0.3, 0.4) is 0 Å². The first-order chi connectivity index (χ1) is 9.45. The summed E-state index contributed by atoms with van der Waals surface area (Å²) in [5, 5.41) is 0. The predicted molar refractivity (Wildman–Crippen MR) is 81.6 cm³/mol. The first kappa shape index (κ1) is 15.3. The highest BCUT2D eigenvalue weighted by Crippen LogP contribution is 2.16. The molecule has 112 valence electrons. The van der Waals surface area contributed by atoms with E-state index in [0.717, 1.165) is 6.61 Å². The van der Waals surface area contributed by atoms with Crippen molar-refractivity contribution in [3.05, 3.63) is 0 Å². The molecule has 0 bridgehead atoms. The Morgan fingerprint density at radius 1 is 0.632 bits per heavy atom. The Morgan fingerprint density at radius 2 is 1.00 bits per heavy atom. The highest BCUT2D eigenvalue weighted by Gasteiger charge is 2.24. The van der Waals surface area contributed by atoms with Gasteiger partial charge in [0, 0.05) is 6.54 Å². The van der Waals surface area contributed by atoms with E-state index in [-0.39, 0.29) is 0 Å². The molecular formula is C17H33NO. The molecule has 0 N–H and O–H groups in total. The summed E-state index contributed by atoms with van der Waals surface area (Å²) < 4.78 is 5.40. The highest BCUT2D eigenvalue weighted by atomic mass is 16.6. The second-order valence-electron chi connectivity index (χ2n) is 6.50. The highest BCUT2D eigenvalue weighted by molar-refractivity contribution is 4.74. The topological polar surface area (TPSA) is 15.8 Å². The molecule has 0 aromatic heterocycles. The molecular weight excluding hydrogens is 234 g/mol. The molecule has 0 radical (unpaired) electrons. The van der Waals surface area contributed by atoms with Crippen molar-refractivity contribution in [1.29, 1.82) is 0 Å². The fraction of sp³-hybridized carbons (Fsp3) is 1.00. The van der Waals surface area contributed by atoms with E-state index in [1.807, 2.05) is 0 Å². The molecule has 2 nitrogen and oxygen atoms in total. The SMILES string of the molecule is C1CCCCCCCN(CC2CO2)CCCCCC1. The molecule has 0 aromatic carbocycles. The lowest BCUT2D eigenvalue weighted by Crippen LogP contribution is -2.30. The molecule has 19 heavy (non-hydrogen) atoms. The lowest BCUT2D eigenvalue weighted by Gasteiger charge is -2.21. The van der Waals surface area contributed by atoms with Gasteiger partial charge in [0.15, 0.2) is 0 Å². The van der Waals surface area contributed by atoms with E-state index in [2.05, 4.69) is 4.90 Å². The standard InChI is InChI=1S/C17H33NO/c1-2-4-6-8-10-12-14-18(15-17-16-19-17)13-11-9-7-5-3-1/h17H,1-16H2. The van der Waals surface area contributed by atoms with Crippen LogP contribution < -0.4 is 0 Å². The lowest BCUT2D eigenvalue weighted by atomic mass is 10.1. The van der Waals surface area contributed by atoms with Crippen molar-refractivity contribution in [3.63, 3.8) is 0 Å². The fourth-order valence-electron chi connectivity index (χ4n) is 3.19. The van der Waals surface area contributed by atoms with Gasteiger partial charge < -0.3 is 9.64 Å². The van der Waals surface area contributed by atoms with Gasteiger partial charge in [-0.15, -0.1) is 0 Å². The Bertz CT molecular complexity index is 199. The van der Waals surface area contributed by atoms with Gasteiger partial charge in [0.25, 0.3) is 0 Å². The first-order valence-corrected chi connectivity index (χ1v) is 8.79. The molecule has 0 aromatic rings. The number of rotatable bonds is 2. The quantitative estimate of drug-likeness (QED) is 0.690. The lowest BCUT2D eigenvalue weighted by molar-refractivity contribution is 0.232. The van der Waals surface area contributed by atoms with E-state index in [0.29, 0.717) is 6.10 Å². The van der Waals surface area contributed by atoms with E-state index >= 15 is 0 Å². The summed E-state index contributed by atoms with van der Waals surface area (Å²) in [5.74, 6) is 0. The van der Waals surface area contributed by atoms with Crippen LogP contribution in [0.1, 0.15) is 77.0 Å². The zero-order valence-corrected chi connectivity index (χ0v) is 12.7. The summed E-state index contributed by atoms with van der Waals surface area (Å²) in [6.45, 7) is 4.82. The molecule has 2 heterocycles. The molecule has 0 saturated carbocycles. The number of nitrogens with zero attached hydrogens (tertiary/aromatic N) is 1.